The summed E-state index contributed by atoms with van der Waals surface area (Å²) in [7, 11) is 0. The Hall–Kier alpha value is -1.47. The van der Waals surface area contributed by atoms with Crippen molar-refractivity contribution in [3.05, 3.63) is 23.3 Å². The number of esters is 1. The molecular formula is C14H16BrNO5. The average Bonchev–Trinajstić information content (AvgIpc) is 3.06. The maximum Gasteiger partial charge on any atom is 0.322 e. The highest BCUT2D eigenvalue weighted by Gasteiger charge is 2.42. The Morgan fingerprint density at radius 1 is 1.33 bits per heavy atom. The molecule has 0 radical (unpaired) electrons. The fraction of sp³-hybridized carbons (Fsp3) is 0.500. The van der Waals surface area contributed by atoms with E-state index in [9.17, 15) is 15.0 Å². The van der Waals surface area contributed by atoms with E-state index < -0.39 is 10.3 Å². The topological polar surface area (TPSA) is 80.9 Å². The van der Waals surface area contributed by atoms with Crippen LogP contribution in [0.15, 0.2) is 12.2 Å². The van der Waals surface area contributed by atoms with E-state index in [0.29, 0.717) is 11.1 Å². The van der Waals surface area contributed by atoms with Crippen molar-refractivity contribution in [2.75, 3.05) is 6.61 Å². The Kier molecular flexibility index (Phi) is 3.29. The van der Waals surface area contributed by atoms with Gasteiger partial charge in [0.1, 0.15) is 23.1 Å². The lowest BCUT2D eigenvalue weighted by Crippen LogP contribution is -2.27. The molecule has 114 valence electrons. The third kappa shape index (κ3) is 2.24. The number of fused-ring (bicyclic) bond motifs is 5. The summed E-state index contributed by atoms with van der Waals surface area (Å²) in [6, 6.07) is 0. The molecule has 6 nitrogen and oxygen atoms in total. The lowest BCUT2D eigenvalue weighted by molar-refractivity contribution is -0.145. The summed E-state index contributed by atoms with van der Waals surface area (Å²) in [5.74, 6) is -0.465. The maximum absolute atomic E-state index is 11.6. The minimum atomic E-state index is -0.758. The minimum absolute atomic E-state index is 0.0338. The van der Waals surface area contributed by atoms with Crippen LogP contribution < -0.4 is 0 Å². The van der Waals surface area contributed by atoms with Crippen LogP contribution in [0.5, 0.6) is 11.8 Å². The molecule has 1 aromatic heterocycles. The van der Waals surface area contributed by atoms with Gasteiger partial charge in [-0.05, 0) is 13.8 Å². The smallest absolute Gasteiger partial charge is 0.322 e. The number of rotatable bonds is 4. The van der Waals surface area contributed by atoms with Gasteiger partial charge in [-0.2, -0.15) is 0 Å². The van der Waals surface area contributed by atoms with Crippen molar-refractivity contribution in [1.29, 1.82) is 0 Å². The Morgan fingerprint density at radius 3 is 2.33 bits per heavy atom. The average molecular weight is 358 g/mol. The molecule has 0 fully saturated rings. The summed E-state index contributed by atoms with van der Waals surface area (Å²) in [6.07, 6.45) is 3.09. The van der Waals surface area contributed by atoms with E-state index in [-0.39, 0.29) is 37.1 Å². The normalized spacial score (nSPS) is 22.6. The molecule has 1 aromatic rings. The van der Waals surface area contributed by atoms with Crippen molar-refractivity contribution in [3.8, 4) is 11.8 Å². The number of carbonyl (C=O) groups is 1. The van der Waals surface area contributed by atoms with Gasteiger partial charge in [-0.1, -0.05) is 28.1 Å². The highest BCUT2D eigenvalue weighted by molar-refractivity contribution is 9.10. The molecule has 3 rings (SSSR count). The summed E-state index contributed by atoms with van der Waals surface area (Å²) in [4.78, 5) is 11.6. The van der Waals surface area contributed by atoms with Crippen LogP contribution in [0, 0.1) is 0 Å². The summed E-state index contributed by atoms with van der Waals surface area (Å²) >= 11 is 3.21. The Bertz CT molecular complexity index is 593. The lowest BCUT2D eigenvalue weighted by atomic mass is 10.0. The van der Waals surface area contributed by atoms with Gasteiger partial charge in [-0.15, -0.1) is 0 Å². The number of ether oxygens (including phenoxy) is 2. The minimum Gasteiger partial charge on any atom is -0.494 e. The monoisotopic (exact) mass is 357 g/mol. The summed E-state index contributed by atoms with van der Waals surface area (Å²) < 4.78 is 11.2. The van der Waals surface area contributed by atoms with Crippen LogP contribution in [0.2, 0.25) is 0 Å². The molecule has 21 heavy (non-hydrogen) atoms. The molecule has 0 aliphatic carbocycles. The first-order valence-electron chi connectivity index (χ1n) is 6.65. The van der Waals surface area contributed by atoms with Crippen LogP contribution in [-0.2, 0) is 20.8 Å². The molecule has 0 amide bonds. The van der Waals surface area contributed by atoms with E-state index in [2.05, 4.69) is 15.9 Å². The molecule has 2 N–H and O–H groups in total. The molecular weight excluding hydrogens is 342 g/mol. The highest BCUT2D eigenvalue weighted by atomic mass is 79.9. The fourth-order valence-corrected chi connectivity index (χ4v) is 2.70. The van der Waals surface area contributed by atoms with Gasteiger partial charge in [0.15, 0.2) is 0 Å². The van der Waals surface area contributed by atoms with E-state index in [0.717, 1.165) is 0 Å². The van der Waals surface area contributed by atoms with Gasteiger partial charge in [-0.25, -0.2) is 0 Å². The lowest BCUT2D eigenvalue weighted by Gasteiger charge is -2.15. The fourth-order valence-electron chi connectivity index (χ4n) is 2.59. The van der Waals surface area contributed by atoms with Crippen molar-refractivity contribution in [2.24, 2.45) is 0 Å². The van der Waals surface area contributed by atoms with Gasteiger partial charge in [0, 0.05) is 0 Å². The number of aromatic hydroxyl groups is 2. The Balaban J connectivity index is 1.73. The van der Waals surface area contributed by atoms with Crippen LogP contribution in [0.3, 0.4) is 0 Å². The molecule has 0 saturated heterocycles. The maximum atomic E-state index is 11.6. The highest BCUT2D eigenvalue weighted by Crippen LogP contribution is 2.54. The predicted molar refractivity (Wildman–Crippen MR) is 77.4 cm³/mol. The molecule has 0 saturated carbocycles. The first-order valence-corrected chi connectivity index (χ1v) is 7.44. The molecule has 3 heterocycles. The van der Waals surface area contributed by atoms with Crippen molar-refractivity contribution in [2.45, 2.75) is 36.9 Å². The second-order valence-corrected chi connectivity index (χ2v) is 7.58. The Labute approximate surface area is 130 Å². The summed E-state index contributed by atoms with van der Waals surface area (Å²) in [5, 5.41) is 20.4. The van der Waals surface area contributed by atoms with Gasteiger partial charge in [0.05, 0.1) is 17.7 Å². The number of carbonyl (C=O) groups excluding carboxylic acids is 1. The largest absolute Gasteiger partial charge is 0.494 e. The standard InChI is InChI=1S/C14H16BrNO5/c1-14(2,15)13(19)20-6-5-16-11(17)9-7-3-4-8(21-7)10(9)12(16)18/h3-4,7-8,17-18H,5-6H2,1-2H3. The Morgan fingerprint density at radius 2 is 1.86 bits per heavy atom. The molecule has 0 aromatic carbocycles. The molecule has 2 bridgehead atoms. The van der Waals surface area contributed by atoms with Crippen LogP contribution in [0.1, 0.15) is 37.2 Å². The number of alkyl halides is 1. The van der Waals surface area contributed by atoms with Crippen molar-refractivity contribution in [1.82, 2.24) is 4.57 Å². The zero-order chi connectivity index (χ0) is 15.4. The van der Waals surface area contributed by atoms with E-state index in [1.807, 2.05) is 12.2 Å². The zero-order valence-corrected chi connectivity index (χ0v) is 13.3. The van der Waals surface area contributed by atoms with Crippen molar-refractivity contribution in [3.63, 3.8) is 0 Å². The van der Waals surface area contributed by atoms with Gasteiger partial charge < -0.3 is 19.7 Å². The predicted octanol–water partition coefficient (Wildman–Crippen LogP) is 2.30. The van der Waals surface area contributed by atoms with Crippen LogP contribution >= 0.6 is 15.9 Å². The van der Waals surface area contributed by atoms with Gasteiger partial charge >= 0.3 is 5.97 Å². The van der Waals surface area contributed by atoms with E-state index in [4.69, 9.17) is 9.47 Å². The third-order valence-electron chi connectivity index (χ3n) is 3.64. The van der Waals surface area contributed by atoms with Crippen molar-refractivity contribution < 1.29 is 24.5 Å². The first-order chi connectivity index (χ1) is 9.80. The molecule has 2 unspecified atom stereocenters. The quantitative estimate of drug-likeness (QED) is 0.490. The number of hydrogen-bond donors (Lipinski definition) is 2. The third-order valence-corrected chi connectivity index (χ3v) is 3.96. The number of nitrogens with zero attached hydrogens (tertiary/aromatic N) is 1. The van der Waals surface area contributed by atoms with Gasteiger partial charge in [0.25, 0.3) is 0 Å². The zero-order valence-electron chi connectivity index (χ0n) is 11.7. The molecule has 2 atom stereocenters. The number of aromatic nitrogens is 1. The van der Waals surface area contributed by atoms with E-state index in [1.54, 1.807) is 13.8 Å². The SMILES string of the molecule is CC(C)(Br)C(=O)OCCn1c(O)c2c(c1O)C1C=CC2O1. The van der Waals surface area contributed by atoms with Crippen LogP contribution in [0.4, 0.5) is 0 Å². The van der Waals surface area contributed by atoms with Gasteiger partial charge in [0.2, 0.25) is 11.8 Å². The van der Waals surface area contributed by atoms with Crippen LogP contribution in [0.25, 0.3) is 0 Å². The molecule has 0 spiro atoms. The van der Waals surface area contributed by atoms with Gasteiger partial charge in [-0.3, -0.25) is 9.36 Å². The van der Waals surface area contributed by atoms with Crippen molar-refractivity contribution >= 4 is 21.9 Å². The molecule has 2 aliphatic rings. The van der Waals surface area contributed by atoms with Crippen LogP contribution in [-0.4, -0.2) is 31.7 Å². The number of hydrogen-bond acceptors (Lipinski definition) is 5. The molecule has 2 aliphatic heterocycles. The van der Waals surface area contributed by atoms with E-state index >= 15 is 0 Å². The summed E-state index contributed by atoms with van der Waals surface area (Å²) in [6.45, 7) is 3.62. The second-order valence-electron chi connectivity index (χ2n) is 5.60. The second kappa shape index (κ2) is 4.78. The number of halogens is 1. The summed E-state index contributed by atoms with van der Waals surface area (Å²) in [5.41, 5.74) is 1.21. The molecule has 7 heteroatoms. The van der Waals surface area contributed by atoms with E-state index in [1.165, 1.54) is 4.57 Å². The first kappa shape index (κ1) is 14.5.